The number of rotatable bonds is 6. The summed E-state index contributed by atoms with van der Waals surface area (Å²) in [6, 6.07) is 9.80. The van der Waals surface area contributed by atoms with E-state index in [9.17, 15) is 8.42 Å². The lowest BCUT2D eigenvalue weighted by molar-refractivity contribution is 0.228. The van der Waals surface area contributed by atoms with Gasteiger partial charge in [0.05, 0.1) is 11.9 Å². The number of nitrogens with zero attached hydrogens (tertiary/aromatic N) is 3. The third-order valence-electron chi connectivity index (χ3n) is 4.29. The van der Waals surface area contributed by atoms with Crippen LogP contribution in [0.1, 0.15) is 17.7 Å². The number of hydrogen-bond donors (Lipinski definition) is 1. The van der Waals surface area contributed by atoms with Gasteiger partial charge in [0.25, 0.3) is 0 Å². The Kier molecular flexibility index (Phi) is 5.23. The van der Waals surface area contributed by atoms with Gasteiger partial charge in [-0.2, -0.15) is 0 Å². The van der Waals surface area contributed by atoms with Crippen LogP contribution >= 0.6 is 0 Å². The van der Waals surface area contributed by atoms with E-state index < -0.39 is 10.0 Å². The topological polar surface area (TPSA) is 75.2 Å². The van der Waals surface area contributed by atoms with Crippen molar-refractivity contribution in [3.05, 3.63) is 60.2 Å². The van der Waals surface area contributed by atoms with E-state index in [1.165, 1.54) is 6.26 Å². The second-order valence-electron chi connectivity index (χ2n) is 6.21. The van der Waals surface area contributed by atoms with Crippen molar-refractivity contribution in [1.82, 2.24) is 19.6 Å². The summed E-state index contributed by atoms with van der Waals surface area (Å²) in [6.07, 6.45) is 8.15. The molecule has 7 heteroatoms. The Balaban J connectivity index is 1.79. The van der Waals surface area contributed by atoms with E-state index in [1.807, 2.05) is 36.5 Å². The average molecular weight is 346 g/mol. The Labute approximate surface area is 143 Å². The van der Waals surface area contributed by atoms with E-state index in [2.05, 4.69) is 19.6 Å². The Morgan fingerprint density at radius 1 is 1.25 bits per heavy atom. The number of pyridine rings is 2. The minimum atomic E-state index is -3.24. The zero-order valence-electron chi connectivity index (χ0n) is 13.7. The van der Waals surface area contributed by atoms with Crippen molar-refractivity contribution in [3.63, 3.8) is 0 Å². The molecule has 0 radical (unpaired) electrons. The van der Waals surface area contributed by atoms with E-state index in [-0.39, 0.29) is 12.1 Å². The van der Waals surface area contributed by atoms with Crippen LogP contribution in [-0.4, -0.2) is 48.2 Å². The summed E-state index contributed by atoms with van der Waals surface area (Å²) in [5, 5.41) is 0. The molecule has 0 amide bonds. The minimum Gasteiger partial charge on any atom is -0.293 e. The molecule has 0 spiro atoms. The summed E-state index contributed by atoms with van der Waals surface area (Å²) >= 11 is 0. The second-order valence-corrected chi connectivity index (χ2v) is 7.99. The van der Waals surface area contributed by atoms with E-state index in [4.69, 9.17) is 0 Å². The molecule has 1 aliphatic rings. The summed E-state index contributed by atoms with van der Waals surface area (Å²) in [7, 11) is -3.24. The Bertz CT molecular complexity index is 753. The van der Waals surface area contributed by atoms with Gasteiger partial charge in [-0.05, 0) is 36.6 Å². The monoisotopic (exact) mass is 346 g/mol. The number of hydrogen-bond acceptors (Lipinski definition) is 5. The maximum atomic E-state index is 11.7. The molecule has 1 N–H and O–H groups in total. The highest BCUT2D eigenvalue weighted by atomic mass is 32.2. The molecule has 6 nitrogen and oxygen atoms in total. The van der Waals surface area contributed by atoms with Gasteiger partial charge >= 0.3 is 0 Å². The number of sulfonamides is 1. The molecule has 3 rings (SSSR count). The Hall–Kier alpha value is -1.83. The SMILES string of the molecule is CS(=O)(=O)N[C@@H]1CCN(Cc2ccccn2)[C@H]1Cc1cccnc1. The first-order valence-electron chi connectivity index (χ1n) is 8.01. The quantitative estimate of drug-likeness (QED) is 0.851. The van der Waals surface area contributed by atoms with E-state index in [0.29, 0.717) is 6.54 Å². The van der Waals surface area contributed by atoms with Crippen molar-refractivity contribution in [2.45, 2.75) is 31.5 Å². The predicted molar refractivity (Wildman–Crippen MR) is 92.8 cm³/mol. The summed E-state index contributed by atoms with van der Waals surface area (Å²) in [6.45, 7) is 1.56. The second kappa shape index (κ2) is 7.38. The molecular weight excluding hydrogens is 324 g/mol. The molecule has 2 atom stereocenters. The highest BCUT2D eigenvalue weighted by molar-refractivity contribution is 7.88. The smallest absolute Gasteiger partial charge is 0.209 e. The Morgan fingerprint density at radius 3 is 2.79 bits per heavy atom. The molecule has 1 aliphatic heterocycles. The molecule has 2 aromatic heterocycles. The fraction of sp³-hybridized carbons (Fsp3) is 0.412. The molecule has 1 fully saturated rings. The molecule has 0 bridgehead atoms. The van der Waals surface area contributed by atoms with Crippen molar-refractivity contribution in [3.8, 4) is 0 Å². The summed E-state index contributed by atoms with van der Waals surface area (Å²) in [4.78, 5) is 10.9. The first-order chi connectivity index (χ1) is 11.5. The van der Waals surface area contributed by atoms with Crippen molar-refractivity contribution >= 4 is 10.0 Å². The zero-order chi connectivity index (χ0) is 17.0. The lowest BCUT2D eigenvalue weighted by Gasteiger charge is -2.28. The van der Waals surface area contributed by atoms with Crippen LogP contribution in [0.15, 0.2) is 48.9 Å². The fourth-order valence-electron chi connectivity index (χ4n) is 3.26. The van der Waals surface area contributed by atoms with Crippen LogP contribution < -0.4 is 4.72 Å². The van der Waals surface area contributed by atoms with Crippen LogP contribution in [-0.2, 0) is 23.0 Å². The highest BCUT2D eigenvalue weighted by Crippen LogP contribution is 2.24. The van der Waals surface area contributed by atoms with Gasteiger partial charge in [0.1, 0.15) is 0 Å². The molecule has 0 aliphatic carbocycles. The molecule has 0 unspecified atom stereocenters. The molecule has 1 saturated heterocycles. The van der Waals surface area contributed by atoms with E-state index in [1.54, 1.807) is 12.4 Å². The van der Waals surface area contributed by atoms with Crippen LogP contribution in [0.5, 0.6) is 0 Å². The van der Waals surface area contributed by atoms with Crippen molar-refractivity contribution in [1.29, 1.82) is 0 Å². The van der Waals surface area contributed by atoms with Gasteiger partial charge in [0.2, 0.25) is 10.0 Å². The maximum absolute atomic E-state index is 11.7. The number of nitrogens with one attached hydrogen (secondary N) is 1. The summed E-state index contributed by atoms with van der Waals surface area (Å²) < 4.78 is 26.2. The average Bonchev–Trinajstić information content (AvgIpc) is 2.90. The third kappa shape index (κ3) is 4.59. The fourth-order valence-corrected chi connectivity index (χ4v) is 4.08. The van der Waals surface area contributed by atoms with Gasteiger partial charge in [-0.1, -0.05) is 12.1 Å². The maximum Gasteiger partial charge on any atom is 0.209 e. The van der Waals surface area contributed by atoms with Crippen molar-refractivity contribution in [2.75, 3.05) is 12.8 Å². The van der Waals surface area contributed by atoms with Crippen LogP contribution in [0, 0.1) is 0 Å². The standard InChI is InChI=1S/C17H22N4O2S/c1-24(22,23)20-16-7-10-21(13-15-6-2-3-9-19-15)17(16)11-14-5-4-8-18-12-14/h2-6,8-9,12,16-17,20H,7,10-11,13H2,1H3/t16-,17+/m1/s1. The normalized spacial score (nSPS) is 21.9. The van der Waals surface area contributed by atoms with Gasteiger partial charge in [0, 0.05) is 43.8 Å². The molecule has 0 saturated carbocycles. The van der Waals surface area contributed by atoms with E-state index in [0.717, 1.165) is 30.6 Å². The summed E-state index contributed by atoms with van der Waals surface area (Å²) in [5.74, 6) is 0. The molecule has 0 aromatic carbocycles. The molecule has 24 heavy (non-hydrogen) atoms. The van der Waals surface area contributed by atoms with Crippen LogP contribution in [0.25, 0.3) is 0 Å². The van der Waals surface area contributed by atoms with Crippen molar-refractivity contribution in [2.24, 2.45) is 0 Å². The number of likely N-dealkylation sites (tertiary alicyclic amines) is 1. The largest absolute Gasteiger partial charge is 0.293 e. The molecule has 2 aromatic rings. The molecular formula is C17H22N4O2S. The molecule has 3 heterocycles. The lowest BCUT2D eigenvalue weighted by atomic mass is 10.0. The van der Waals surface area contributed by atoms with Gasteiger partial charge < -0.3 is 0 Å². The predicted octanol–water partition coefficient (Wildman–Crippen LogP) is 1.21. The van der Waals surface area contributed by atoms with Gasteiger partial charge in [-0.25, -0.2) is 13.1 Å². The summed E-state index contributed by atoms with van der Waals surface area (Å²) in [5.41, 5.74) is 2.10. The molecule has 128 valence electrons. The lowest BCUT2D eigenvalue weighted by Crippen LogP contribution is -2.45. The highest BCUT2D eigenvalue weighted by Gasteiger charge is 2.35. The third-order valence-corrected chi connectivity index (χ3v) is 5.02. The Morgan fingerprint density at radius 2 is 2.12 bits per heavy atom. The first kappa shape index (κ1) is 17.0. The first-order valence-corrected chi connectivity index (χ1v) is 9.90. The van der Waals surface area contributed by atoms with Crippen LogP contribution in [0.3, 0.4) is 0 Å². The van der Waals surface area contributed by atoms with Crippen LogP contribution in [0.4, 0.5) is 0 Å². The van der Waals surface area contributed by atoms with Crippen LogP contribution in [0.2, 0.25) is 0 Å². The van der Waals surface area contributed by atoms with Gasteiger partial charge in [0.15, 0.2) is 0 Å². The van der Waals surface area contributed by atoms with Gasteiger partial charge in [-0.3, -0.25) is 14.9 Å². The minimum absolute atomic E-state index is 0.0888. The number of aromatic nitrogens is 2. The van der Waals surface area contributed by atoms with E-state index >= 15 is 0 Å². The van der Waals surface area contributed by atoms with Gasteiger partial charge in [-0.15, -0.1) is 0 Å². The zero-order valence-corrected chi connectivity index (χ0v) is 14.5. The van der Waals surface area contributed by atoms with Crippen molar-refractivity contribution < 1.29 is 8.42 Å².